The fourth-order valence-corrected chi connectivity index (χ4v) is 5.07. The summed E-state index contributed by atoms with van der Waals surface area (Å²) in [6, 6.07) is 0. The highest BCUT2D eigenvalue weighted by Gasteiger charge is 2.37. The van der Waals surface area contributed by atoms with E-state index < -0.39 is 0 Å². The molecule has 2 heterocycles. The molecule has 144 valence electrons. The van der Waals surface area contributed by atoms with Crippen molar-refractivity contribution in [2.24, 2.45) is 15.8 Å². The lowest BCUT2D eigenvalue weighted by atomic mass is 9.74. The lowest BCUT2D eigenvalue weighted by molar-refractivity contribution is -0.0136. The lowest BCUT2D eigenvalue weighted by Crippen LogP contribution is -2.53. The molecule has 3 aliphatic rings. The summed E-state index contributed by atoms with van der Waals surface area (Å²) in [5.41, 5.74) is 0.462. The smallest absolute Gasteiger partial charge is 0.193 e. The molecule has 5 heteroatoms. The van der Waals surface area contributed by atoms with E-state index in [4.69, 9.17) is 4.74 Å². The normalized spacial score (nSPS) is 27.1. The van der Waals surface area contributed by atoms with Crippen LogP contribution in [0.15, 0.2) is 4.99 Å². The largest absolute Gasteiger partial charge is 0.396 e. The van der Waals surface area contributed by atoms with Crippen molar-refractivity contribution in [1.29, 1.82) is 0 Å². The fraction of sp³-hybridized carbons (Fsp3) is 0.950. The van der Waals surface area contributed by atoms with Gasteiger partial charge >= 0.3 is 0 Å². The SMILES string of the molecule is CN=C(NCC1(CO)CCOCC1)N1CCCC2(CCCCCC2)C1. The number of hydrogen-bond acceptors (Lipinski definition) is 3. The number of nitrogens with one attached hydrogen (secondary N) is 1. The first-order chi connectivity index (χ1) is 12.2. The van der Waals surface area contributed by atoms with Gasteiger partial charge in [-0.15, -0.1) is 0 Å². The fourth-order valence-electron chi connectivity index (χ4n) is 5.07. The van der Waals surface area contributed by atoms with Gasteiger partial charge in [0, 0.05) is 45.3 Å². The average Bonchev–Trinajstić information content (AvgIpc) is 2.88. The zero-order valence-electron chi connectivity index (χ0n) is 16.1. The first kappa shape index (κ1) is 19.0. The number of aliphatic imine (C=N–C) groups is 1. The minimum Gasteiger partial charge on any atom is -0.396 e. The van der Waals surface area contributed by atoms with Crippen LogP contribution in [0.25, 0.3) is 0 Å². The summed E-state index contributed by atoms with van der Waals surface area (Å²) in [4.78, 5) is 7.07. The summed E-state index contributed by atoms with van der Waals surface area (Å²) in [7, 11) is 1.90. The van der Waals surface area contributed by atoms with E-state index in [1.165, 1.54) is 51.4 Å². The van der Waals surface area contributed by atoms with E-state index in [2.05, 4.69) is 15.2 Å². The first-order valence-electron chi connectivity index (χ1n) is 10.4. The van der Waals surface area contributed by atoms with Crippen LogP contribution in [0.1, 0.15) is 64.2 Å². The maximum atomic E-state index is 9.92. The first-order valence-corrected chi connectivity index (χ1v) is 10.4. The summed E-state index contributed by atoms with van der Waals surface area (Å²) in [6.07, 6.45) is 12.9. The summed E-state index contributed by atoms with van der Waals surface area (Å²) < 4.78 is 5.48. The monoisotopic (exact) mass is 351 g/mol. The van der Waals surface area contributed by atoms with Gasteiger partial charge in [0.1, 0.15) is 0 Å². The predicted molar refractivity (Wildman–Crippen MR) is 102 cm³/mol. The molecule has 3 fully saturated rings. The Labute approximate surface area is 153 Å². The zero-order chi connectivity index (χ0) is 17.6. The summed E-state index contributed by atoms with van der Waals surface area (Å²) >= 11 is 0. The number of hydrogen-bond donors (Lipinski definition) is 2. The van der Waals surface area contributed by atoms with E-state index in [9.17, 15) is 5.11 Å². The highest BCUT2D eigenvalue weighted by atomic mass is 16.5. The van der Waals surface area contributed by atoms with Gasteiger partial charge in [0.2, 0.25) is 0 Å². The number of piperidine rings is 1. The maximum Gasteiger partial charge on any atom is 0.193 e. The molecular weight excluding hydrogens is 314 g/mol. The van der Waals surface area contributed by atoms with E-state index in [-0.39, 0.29) is 12.0 Å². The molecule has 0 aromatic rings. The molecular formula is C20H37N3O2. The molecule has 0 amide bonds. The molecule has 0 aromatic carbocycles. The van der Waals surface area contributed by atoms with Crippen molar-refractivity contribution < 1.29 is 9.84 Å². The maximum absolute atomic E-state index is 9.92. The number of nitrogens with zero attached hydrogens (tertiary/aromatic N) is 2. The van der Waals surface area contributed by atoms with Gasteiger partial charge in [-0.25, -0.2) is 0 Å². The van der Waals surface area contributed by atoms with Crippen LogP contribution in [0.3, 0.4) is 0 Å². The van der Waals surface area contributed by atoms with Crippen LogP contribution in [0.2, 0.25) is 0 Å². The summed E-state index contributed by atoms with van der Waals surface area (Å²) in [5.74, 6) is 1.03. The molecule has 0 radical (unpaired) electrons. The Hall–Kier alpha value is -0.810. The Morgan fingerprint density at radius 1 is 1.04 bits per heavy atom. The van der Waals surface area contributed by atoms with Crippen LogP contribution < -0.4 is 5.32 Å². The molecule has 25 heavy (non-hydrogen) atoms. The van der Waals surface area contributed by atoms with E-state index in [1.54, 1.807) is 0 Å². The number of ether oxygens (including phenoxy) is 1. The second-order valence-corrected chi connectivity index (χ2v) is 8.61. The molecule has 1 spiro atoms. The number of aliphatic hydroxyl groups is 1. The van der Waals surface area contributed by atoms with E-state index >= 15 is 0 Å². The highest BCUT2D eigenvalue weighted by molar-refractivity contribution is 5.80. The lowest BCUT2D eigenvalue weighted by Gasteiger charge is -2.44. The van der Waals surface area contributed by atoms with Crippen molar-refractivity contribution in [2.45, 2.75) is 64.2 Å². The Morgan fingerprint density at radius 3 is 2.36 bits per heavy atom. The second-order valence-electron chi connectivity index (χ2n) is 8.61. The molecule has 5 nitrogen and oxygen atoms in total. The summed E-state index contributed by atoms with van der Waals surface area (Å²) in [5, 5.41) is 13.5. The third-order valence-electron chi connectivity index (χ3n) is 6.85. The van der Waals surface area contributed by atoms with Gasteiger partial charge in [-0.1, -0.05) is 25.7 Å². The van der Waals surface area contributed by atoms with Crippen molar-refractivity contribution in [2.75, 3.05) is 46.5 Å². The van der Waals surface area contributed by atoms with E-state index in [0.717, 1.165) is 51.6 Å². The molecule has 2 saturated heterocycles. The molecule has 2 aliphatic heterocycles. The van der Waals surface area contributed by atoms with Gasteiger partial charge in [-0.3, -0.25) is 4.99 Å². The second kappa shape index (κ2) is 8.72. The molecule has 1 aliphatic carbocycles. The highest BCUT2D eigenvalue weighted by Crippen LogP contribution is 2.42. The van der Waals surface area contributed by atoms with E-state index in [1.807, 2.05) is 7.05 Å². The van der Waals surface area contributed by atoms with Crippen molar-refractivity contribution >= 4 is 5.96 Å². The van der Waals surface area contributed by atoms with Crippen LogP contribution >= 0.6 is 0 Å². The number of guanidine groups is 1. The summed E-state index contributed by atoms with van der Waals surface area (Å²) in [6.45, 7) is 4.80. The van der Waals surface area contributed by atoms with Gasteiger partial charge in [0.15, 0.2) is 5.96 Å². The van der Waals surface area contributed by atoms with Crippen molar-refractivity contribution in [3.63, 3.8) is 0 Å². The zero-order valence-corrected chi connectivity index (χ0v) is 16.1. The van der Waals surface area contributed by atoms with Crippen LogP contribution in [-0.2, 0) is 4.74 Å². The van der Waals surface area contributed by atoms with Gasteiger partial charge in [-0.2, -0.15) is 0 Å². The Bertz CT molecular complexity index is 438. The van der Waals surface area contributed by atoms with Crippen LogP contribution in [0, 0.1) is 10.8 Å². The topological polar surface area (TPSA) is 57.1 Å². The third kappa shape index (κ3) is 4.68. The minimum atomic E-state index is -0.0516. The number of aliphatic hydroxyl groups excluding tert-OH is 1. The average molecular weight is 352 g/mol. The van der Waals surface area contributed by atoms with Gasteiger partial charge in [0.25, 0.3) is 0 Å². The third-order valence-corrected chi connectivity index (χ3v) is 6.85. The number of likely N-dealkylation sites (tertiary alicyclic amines) is 1. The standard InChI is InChI=1S/C20H37N3O2/c1-21-18(22-15-20(17-24)10-13-25-14-11-20)23-12-6-9-19(16-23)7-4-2-3-5-8-19/h24H,2-17H2,1H3,(H,21,22). The Kier molecular flexibility index (Phi) is 6.61. The minimum absolute atomic E-state index is 0.0516. The van der Waals surface area contributed by atoms with Crippen molar-refractivity contribution in [3.8, 4) is 0 Å². The molecule has 3 rings (SSSR count). The Balaban J connectivity index is 1.60. The van der Waals surface area contributed by atoms with E-state index in [0.29, 0.717) is 5.41 Å². The Morgan fingerprint density at radius 2 is 1.72 bits per heavy atom. The molecule has 0 atom stereocenters. The molecule has 1 saturated carbocycles. The molecule has 0 bridgehead atoms. The van der Waals surface area contributed by atoms with Gasteiger partial charge < -0.3 is 20.1 Å². The van der Waals surface area contributed by atoms with Crippen molar-refractivity contribution in [3.05, 3.63) is 0 Å². The van der Waals surface area contributed by atoms with Crippen molar-refractivity contribution in [1.82, 2.24) is 10.2 Å². The van der Waals surface area contributed by atoms with Crippen LogP contribution in [0.5, 0.6) is 0 Å². The predicted octanol–water partition coefficient (Wildman–Crippen LogP) is 2.79. The molecule has 2 N–H and O–H groups in total. The van der Waals surface area contributed by atoms with Crippen LogP contribution in [0.4, 0.5) is 0 Å². The quantitative estimate of drug-likeness (QED) is 0.606. The molecule has 0 aromatic heterocycles. The molecule has 0 unspecified atom stereocenters. The van der Waals surface area contributed by atoms with Crippen LogP contribution in [-0.4, -0.2) is 62.5 Å². The number of rotatable bonds is 3. The van der Waals surface area contributed by atoms with Gasteiger partial charge in [0.05, 0.1) is 6.61 Å². The van der Waals surface area contributed by atoms with Gasteiger partial charge in [-0.05, 0) is 43.9 Å².